The SMILES string of the molecule is NC(CCC(=O)O)C(=O)NC(CO)C(=O)NC(CC(=O)O)C(=O)NC(Cc1cnc[nH]1)C(=O)O. The Labute approximate surface area is 191 Å². The minimum atomic E-state index is -1.75. The third-order valence-corrected chi connectivity index (χ3v) is 4.43. The Bertz CT molecular complexity index is 890. The molecule has 4 unspecified atom stereocenters. The van der Waals surface area contributed by atoms with Gasteiger partial charge in [-0.25, -0.2) is 9.78 Å². The number of H-pyrrole nitrogens is 1. The standard InChI is InChI=1S/C18H26N6O10/c19-9(1-2-13(26)27)15(30)24-12(6-25)17(32)22-10(4-14(28)29)16(31)23-11(18(33)34)3-8-5-20-7-21-8/h5,7,9-12,25H,1-4,6,19H2,(H,20,21)(H,22,32)(H,23,31)(H,24,30)(H,26,27)(H,28,29)(H,33,34). The zero-order valence-corrected chi connectivity index (χ0v) is 17.8. The van der Waals surface area contributed by atoms with Crippen molar-refractivity contribution in [1.82, 2.24) is 25.9 Å². The van der Waals surface area contributed by atoms with Crippen LogP contribution in [0.15, 0.2) is 12.5 Å². The lowest BCUT2D eigenvalue weighted by Gasteiger charge is -2.23. The van der Waals surface area contributed by atoms with Crippen LogP contribution >= 0.6 is 0 Å². The minimum Gasteiger partial charge on any atom is -0.481 e. The molecule has 1 heterocycles. The Morgan fingerprint density at radius 3 is 2.00 bits per heavy atom. The highest BCUT2D eigenvalue weighted by atomic mass is 16.4. The maximum absolute atomic E-state index is 12.5. The van der Waals surface area contributed by atoms with Crippen molar-refractivity contribution in [3.05, 3.63) is 18.2 Å². The summed E-state index contributed by atoms with van der Waals surface area (Å²) in [6.07, 6.45) is 0.803. The Hall–Kier alpha value is -4.05. The molecule has 188 valence electrons. The second-order valence-corrected chi connectivity index (χ2v) is 7.12. The van der Waals surface area contributed by atoms with Gasteiger partial charge in [0.05, 0.1) is 25.4 Å². The molecule has 0 saturated heterocycles. The molecule has 0 fully saturated rings. The summed E-state index contributed by atoms with van der Waals surface area (Å²) < 4.78 is 0. The number of rotatable bonds is 15. The lowest BCUT2D eigenvalue weighted by molar-refractivity contribution is -0.144. The highest BCUT2D eigenvalue weighted by molar-refractivity contribution is 5.95. The highest BCUT2D eigenvalue weighted by Crippen LogP contribution is 2.02. The van der Waals surface area contributed by atoms with Crippen LogP contribution in [-0.2, 0) is 35.2 Å². The number of nitrogens with two attached hydrogens (primary N) is 1. The van der Waals surface area contributed by atoms with Crippen molar-refractivity contribution in [2.24, 2.45) is 5.73 Å². The van der Waals surface area contributed by atoms with Gasteiger partial charge in [0.25, 0.3) is 0 Å². The number of aromatic amines is 1. The molecule has 1 aromatic rings. The summed E-state index contributed by atoms with van der Waals surface area (Å²) in [5, 5.41) is 42.7. The van der Waals surface area contributed by atoms with Crippen molar-refractivity contribution in [2.75, 3.05) is 6.61 Å². The number of aliphatic carboxylic acids is 3. The molecule has 0 spiro atoms. The van der Waals surface area contributed by atoms with Gasteiger partial charge in [-0.3, -0.25) is 24.0 Å². The van der Waals surface area contributed by atoms with Crippen LogP contribution in [0.3, 0.4) is 0 Å². The van der Waals surface area contributed by atoms with E-state index in [4.69, 9.17) is 15.9 Å². The minimum absolute atomic E-state index is 0.210. The van der Waals surface area contributed by atoms with Gasteiger partial charge in [-0.15, -0.1) is 0 Å². The normalized spacial score (nSPS) is 14.2. The van der Waals surface area contributed by atoms with E-state index in [2.05, 4.69) is 20.6 Å². The number of carboxylic acids is 3. The molecule has 0 aliphatic heterocycles. The van der Waals surface area contributed by atoms with Crippen LogP contribution in [-0.4, -0.2) is 96.8 Å². The van der Waals surface area contributed by atoms with Crippen LogP contribution in [0.5, 0.6) is 0 Å². The number of hydrogen-bond acceptors (Lipinski definition) is 9. The van der Waals surface area contributed by atoms with Gasteiger partial charge in [0.1, 0.15) is 18.1 Å². The summed E-state index contributed by atoms with van der Waals surface area (Å²) in [5.74, 6) is -7.37. The summed E-state index contributed by atoms with van der Waals surface area (Å²) in [6.45, 7) is -0.956. The van der Waals surface area contributed by atoms with E-state index < -0.39 is 79.2 Å². The van der Waals surface area contributed by atoms with Crippen LogP contribution in [0, 0.1) is 0 Å². The smallest absolute Gasteiger partial charge is 0.326 e. The van der Waals surface area contributed by atoms with Crippen molar-refractivity contribution in [2.45, 2.75) is 49.9 Å². The predicted molar refractivity (Wildman–Crippen MR) is 110 cm³/mol. The first-order chi connectivity index (χ1) is 15.9. The third kappa shape index (κ3) is 9.61. The molecule has 1 rings (SSSR count). The molecular weight excluding hydrogens is 460 g/mol. The van der Waals surface area contributed by atoms with Gasteiger partial charge in [0.15, 0.2) is 0 Å². The van der Waals surface area contributed by atoms with Crippen LogP contribution < -0.4 is 21.7 Å². The number of aliphatic hydroxyl groups excluding tert-OH is 1. The monoisotopic (exact) mass is 486 g/mol. The van der Waals surface area contributed by atoms with Crippen molar-refractivity contribution in [3.63, 3.8) is 0 Å². The molecule has 0 bridgehead atoms. The molecular formula is C18H26N6O10. The second kappa shape index (κ2) is 13.5. The van der Waals surface area contributed by atoms with Gasteiger partial charge in [-0.05, 0) is 6.42 Å². The van der Waals surface area contributed by atoms with E-state index in [1.165, 1.54) is 12.5 Å². The summed E-state index contributed by atoms with van der Waals surface area (Å²) in [5.41, 5.74) is 5.90. The van der Waals surface area contributed by atoms with E-state index in [0.717, 1.165) is 0 Å². The van der Waals surface area contributed by atoms with E-state index in [1.807, 2.05) is 5.32 Å². The van der Waals surface area contributed by atoms with E-state index >= 15 is 0 Å². The fourth-order valence-corrected chi connectivity index (χ4v) is 2.63. The first kappa shape index (κ1) is 28.0. The van der Waals surface area contributed by atoms with Crippen molar-refractivity contribution >= 4 is 35.6 Å². The number of hydrogen-bond donors (Lipinski definition) is 9. The van der Waals surface area contributed by atoms with E-state index in [1.54, 1.807) is 0 Å². The Morgan fingerprint density at radius 2 is 1.50 bits per heavy atom. The molecule has 4 atom stereocenters. The summed E-state index contributed by atoms with van der Waals surface area (Å²) in [4.78, 5) is 76.6. The Kier molecular flexibility index (Phi) is 11.1. The number of nitrogens with one attached hydrogen (secondary N) is 4. The molecule has 0 saturated carbocycles. The first-order valence-corrected chi connectivity index (χ1v) is 9.85. The number of nitrogens with zero attached hydrogens (tertiary/aromatic N) is 1. The molecule has 34 heavy (non-hydrogen) atoms. The predicted octanol–water partition coefficient (Wildman–Crippen LogP) is -3.85. The van der Waals surface area contributed by atoms with E-state index in [-0.39, 0.29) is 12.8 Å². The van der Waals surface area contributed by atoms with Crippen LogP contribution in [0.2, 0.25) is 0 Å². The lowest BCUT2D eigenvalue weighted by atomic mass is 10.1. The maximum Gasteiger partial charge on any atom is 0.326 e. The lowest BCUT2D eigenvalue weighted by Crippen LogP contribution is -2.58. The zero-order valence-electron chi connectivity index (χ0n) is 17.8. The zero-order chi connectivity index (χ0) is 25.8. The number of carbonyl (C=O) groups excluding carboxylic acids is 3. The van der Waals surface area contributed by atoms with Gasteiger partial charge < -0.3 is 47.1 Å². The molecule has 16 nitrogen and oxygen atoms in total. The van der Waals surface area contributed by atoms with Gasteiger partial charge in [-0.1, -0.05) is 0 Å². The molecule has 3 amide bonds. The van der Waals surface area contributed by atoms with Crippen molar-refractivity contribution in [1.29, 1.82) is 0 Å². The Balaban J connectivity index is 2.85. The van der Waals surface area contributed by atoms with Gasteiger partial charge in [0.2, 0.25) is 17.7 Å². The average Bonchev–Trinajstić information content (AvgIpc) is 3.27. The number of imidazole rings is 1. The summed E-state index contributed by atoms with van der Waals surface area (Å²) in [7, 11) is 0. The molecule has 10 N–H and O–H groups in total. The van der Waals surface area contributed by atoms with Crippen molar-refractivity contribution < 1.29 is 49.2 Å². The highest BCUT2D eigenvalue weighted by Gasteiger charge is 2.31. The van der Waals surface area contributed by atoms with Gasteiger partial charge in [0, 0.05) is 24.7 Å². The molecule has 16 heteroatoms. The fraction of sp³-hybridized carbons (Fsp3) is 0.500. The van der Waals surface area contributed by atoms with Crippen LogP contribution in [0.4, 0.5) is 0 Å². The second-order valence-electron chi connectivity index (χ2n) is 7.12. The molecule has 0 aromatic carbocycles. The topological polar surface area (TPSA) is 274 Å². The molecule has 1 aromatic heterocycles. The summed E-state index contributed by atoms with van der Waals surface area (Å²) >= 11 is 0. The van der Waals surface area contributed by atoms with Gasteiger partial charge >= 0.3 is 17.9 Å². The van der Waals surface area contributed by atoms with Crippen LogP contribution in [0.1, 0.15) is 25.0 Å². The molecule has 0 radical (unpaired) electrons. The summed E-state index contributed by atoms with van der Waals surface area (Å²) in [6, 6.07) is -6.19. The van der Waals surface area contributed by atoms with Gasteiger partial charge in [-0.2, -0.15) is 0 Å². The maximum atomic E-state index is 12.5. The number of carbonyl (C=O) groups is 6. The number of aromatic nitrogens is 2. The molecule has 0 aliphatic rings. The quantitative estimate of drug-likeness (QED) is 0.115. The van der Waals surface area contributed by atoms with E-state index in [9.17, 15) is 39.0 Å². The molecule has 0 aliphatic carbocycles. The van der Waals surface area contributed by atoms with Crippen LogP contribution in [0.25, 0.3) is 0 Å². The van der Waals surface area contributed by atoms with Crippen molar-refractivity contribution in [3.8, 4) is 0 Å². The first-order valence-electron chi connectivity index (χ1n) is 9.85. The average molecular weight is 486 g/mol. The number of carboxylic acid groups (broad SMARTS) is 3. The fourth-order valence-electron chi connectivity index (χ4n) is 2.63. The third-order valence-electron chi connectivity index (χ3n) is 4.43. The van der Waals surface area contributed by atoms with E-state index in [0.29, 0.717) is 5.69 Å². The largest absolute Gasteiger partial charge is 0.481 e. The number of aliphatic hydroxyl groups is 1. The number of amides is 3. The Morgan fingerprint density at radius 1 is 0.912 bits per heavy atom.